The number of nitrogen functional groups attached to an aromatic ring is 1. The topological polar surface area (TPSA) is 74.2 Å². The van der Waals surface area contributed by atoms with Crippen LogP contribution in [0.1, 0.15) is 11.4 Å². The van der Waals surface area contributed by atoms with Crippen molar-refractivity contribution in [1.29, 1.82) is 0 Å². The third-order valence-corrected chi connectivity index (χ3v) is 2.72. The molecule has 2 rings (SSSR count). The van der Waals surface area contributed by atoms with Crippen molar-refractivity contribution in [3.05, 3.63) is 34.1 Å². The van der Waals surface area contributed by atoms with Crippen LogP contribution in [-0.2, 0) is 6.61 Å². The van der Waals surface area contributed by atoms with Crippen LogP contribution in [0, 0.1) is 6.92 Å². The zero-order valence-corrected chi connectivity index (χ0v) is 10.2. The molecule has 0 aliphatic rings. The van der Waals surface area contributed by atoms with Gasteiger partial charge in [-0.25, -0.2) is 4.63 Å². The fourth-order valence-corrected chi connectivity index (χ4v) is 1.69. The number of hydrogen-bond acceptors (Lipinski definition) is 5. The predicted molar refractivity (Wildman–Crippen MR) is 61.9 cm³/mol. The summed E-state index contributed by atoms with van der Waals surface area (Å²) < 4.78 is 10.9. The molecule has 6 heteroatoms. The van der Waals surface area contributed by atoms with Crippen molar-refractivity contribution in [2.45, 2.75) is 13.5 Å². The summed E-state index contributed by atoms with van der Waals surface area (Å²) in [6.45, 7) is 2.08. The number of nitrogens with two attached hydrogens (primary N) is 1. The molecule has 0 radical (unpaired) electrons. The second kappa shape index (κ2) is 4.52. The van der Waals surface area contributed by atoms with E-state index in [4.69, 9.17) is 10.5 Å². The molecular weight excluding hydrogens is 274 g/mol. The van der Waals surface area contributed by atoms with Crippen LogP contribution < -0.4 is 10.5 Å². The number of aryl methyl sites for hydroxylation is 1. The highest BCUT2D eigenvalue weighted by Gasteiger charge is 2.09. The molecule has 16 heavy (non-hydrogen) atoms. The fraction of sp³-hybridized carbons (Fsp3) is 0.200. The summed E-state index contributed by atoms with van der Waals surface area (Å²) >= 11 is 3.37. The molecule has 0 bridgehead atoms. The molecule has 0 fully saturated rings. The van der Waals surface area contributed by atoms with Gasteiger partial charge in [-0.15, -0.1) is 0 Å². The number of ether oxygens (including phenoxy) is 1. The minimum Gasteiger partial charge on any atom is -0.484 e. The molecular formula is C10H10BrN3O2. The van der Waals surface area contributed by atoms with Crippen LogP contribution in [0.15, 0.2) is 27.3 Å². The van der Waals surface area contributed by atoms with Gasteiger partial charge < -0.3 is 10.5 Å². The number of anilines is 1. The van der Waals surface area contributed by atoms with E-state index >= 15 is 0 Å². The van der Waals surface area contributed by atoms with Gasteiger partial charge in [-0.2, -0.15) is 0 Å². The van der Waals surface area contributed by atoms with Gasteiger partial charge in [0, 0.05) is 0 Å². The molecule has 1 aromatic carbocycles. The Balaban J connectivity index is 2.14. The van der Waals surface area contributed by atoms with Gasteiger partial charge in [0.15, 0.2) is 5.75 Å². The van der Waals surface area contributed by atoms with Crippen LogP contribution in [0.4, 0.5) is 5.69 Å². The number of aromatic nitrogens is 2. The lowest BCUT2D eigenvalue weighted by Crippen LogP contribution is -2.01. The lowest BCUT2D eigenvalue weighted by molar-refractivity contribution is 0.270. The molecule has 1 heterocycles. The van der Waals surface area contributed by atoms with Crippen molar-refractivity contribution in [3.8, 4) is 5.75 Å². The van der Waals surface area contributed by atoms with E-state index in [1.807, 2.05) is 12.1 Å². The molecule has 0 atom stereocenters. The molecule has 0 saturated carbocycles. The Hall–Kier alpha value is -1.56. The van der Waals surface area contributed by atoms with E-state index in [9.17, 15) is 0 Å². The Morgan fingerprint density at radius 3 is 2.88 bits per heavy atom. The van der Waals surface area contributed by atoms with Crippen molar-refractivity contribution in [3.63, 3.8) is 0 Å². The van der Waals surface area contributed by atoms with E-state index < -0.39 is 0 Å². The lowest BCUT2D eigenvalue weighted by Gasteiger charge is -2.08. The maximum atomic E-state index is 5.78. The Kier molecular flexibility index (Phi) is 3.09. The average molecular weight is 284 g/mol. The van der Waals surface area contributed by atoms with Gasteiger partial charge in [-0.1, -0.05) is 16.4 Å². The quantitative estimate of drug-likeness (QED) is 0.875. The molecule has 0 saturated heterocycles. The summed E-state index contributed by atoms with van der Waals surface area (Å²) in [5.74, 6) is 0.602. The summed E-state index contributed by atoms with van der Waals surface area (Å²) in [5, 5.41) is 7.39. The SMILES string of the molecule is Cc1nonc1COc1c(N)cccc1Br. The number of halogens is 1. The number of nitrogens with zero attached hydrogens (tertiary/aromatic N) is 2. The first-order valence-electron chi connectivity index (χ1n) is 4.63. The number of rotatable bonds is 3. The lowest BCUT2D eigenvalue weighted by atomic mass is 10.3. The first-order chi connectivity index (χ1) is 7.68. The summed E-state index contributed by atoms with van der Waals surface area (Å²) in [5.41, 5.74) is 7.73. The van der Waals surface area contributed by atoms with Gasteiger partial charge >= 0.3 is 0 Å². The van der Waals surface area contributed by atoms with E-state index in [1.165, 1.54) is 0 Å². The maximum Gasteiger partial charge on any atom is 0.156 e. The molecule has 0 spiro atoms. The molecule has 5 nitrogen and oxygen atoms in total. The first-order valence-corrected chi connectivity index (χ1v) is 5.42. The molecule has 84 valence electrons. The van der Waals surface area contributed by atoms with Crippen LogP contribution in [0.2, 0.25) is 0 Å². The fourth-order valence-electron chi connectivity index (χ4n) is 1.20. The van der Waals surface area contributed by atoms with Crippen molar-refractivity contribution >= 4 is 21.6 Å². The summed E-state index contributed by atoms with van der Waals surface area (Å²) in [6, 6.07) is 5.47. The second-order valence-electron chi connectivity index (χ2n) is 3.24. The largest absolute Gasteiger partial charge is 0.484 e. The van der Waals surface area contributed by atoms with E-state index in [0.29, 0.717) is 22.8 Å². The number of hydrogen-bond donors (Lipinski definition) is 1. The van der Waals surface area contributed by atoms with Gasteiger partial charge in [0.2, 0.25) is 0 Å². The zero-order chi connectivity index (χ0) is 11.5. The Bertz CT molecular complexity index is 478. The monoisotopic (exact) mass is 283 g/mol. The number of para-hydroxylation sites is 1. The minimum atomic E-state index is 0.280. The van der Waals surface area contributed by atoms with Crippen LogP contribution in [0.25, 0.3) is 0 Å². The van der Waals surface area contributed by atoms with Crippen LogP contribution in [0.3, 0.4) is 0 Å². The minimum absolute atomic E-state index is 0.280. The Labute approximate surface area is 101 Å². The van der Waals surface area contributed by atoms with Crippen molar-refractivity contribution in [2.24, 2.45) is 0 Å². The molecule has 2 N–H and O–H groups in total. The van der Waals surface area contributed by atoms with Crippen LogP contribution in [-0.4, -0.2) is 10.3 Å². The van der Waals surface area contributed by atoms with E-state index in [2.05, 4.69) is 30.9 Å². The van der Waals surface area contributed by atoms with Crippen LogP contribution in [0.5, 0.6) is 5.75 Å². The molecule has 0 aliphatic carbocycles. The first kappa shape index (κ1) is 10.9. The summed E-state index contributed by atoms with van der Waals surface area (Å²) in [7, 11) is 0. The summed E-state index contributed by atoms with van der Waals surface area (Å²) in [6.07, 6.45) is 0. The molecule has 0 unspecified atom stereocenters. The predicted octanol–water partition coefficient (Wildman–Crippen LogP) is 2.30. The average Bonchev–Trinajstić information content (AvgIpc) is 2.64. The highest BCUT2D eigenvalue weighted by Crippen LogP contribution is 2.31. The highest BCUT2D eigenvalue weighted by atomic mass is 79.9. The molecule has 0 amide bonds. The van der Waals surface area contributed by atoms with Crippen molar-refractivity contribution in [1.82, 2.24) is 10.3 Å². The normalized spacial score (nSPS) is 10.4. The van der Waals surface area contributed by atoms with E-state index in [0.717, 1.165) is 4.47 Å². The third kappa shape index (κ3) is 2.16. The molecule has 2 aromatic rings. The number of benzene rings is 1. The van der Waals surface area contributed by atoms with E-state index in [-0.39, 0.29) is 6.61 Å². The van der Waals surface area contributed by atoms with Gasteiger partial charge in [0.1, 0.15) is 18.0 Å². The highest BCUT2D eigenvalue weighted by molar-refractivity contribution is 9.10. The van der Waals surface area contributed by atoms with Crippen LogP contribution >= 0.6 is 15.9 Å². The van der Waals surface area contributed by atoms with E-state index in [1.54, 1.807) is 13.0 Å². The zero-order valence-electron chi connectivity index (χ0n) is 8.61. The van der Waals surface area contributed by atoms with Crippen molar-refractivity contribution in [2.75, 3.05) is 5.73 Å². The Morgan fingerprint density at radius 2 is 2.25 bits per heavy atom. The van der Waals surface area contributed by atoms with Crippen molar-refractivity contribution < 1.29 is 9.37 Å². The summed E-state index contributed by atoms with van der Waals surface area (Å²) in [4.78, 5) is 0. The Morgan fingerprint density at radius 1 is 1.44 bits per heavy atom. The molecule has 1 aromatic heterocycles. The van der Waals surface area contributed by atoms with Gasteiger partial charge in [-0.05, 0) is 35.0 Å². The standard InChI is InChI=1S/C10H10BrN3O2/c1-6-9(14-16-13-6)5-15-10-7(11)3-2-4-8(10)12/h2-4H,5,12H2,1H3. The smallest absolute Gasteiger partial charge is 0.156 e. The second-order valence-corrected chi connectivity index (χ2v) is 4.10. The molecule has 0 aliphatic heterocycles. The third-order valence-electron chi connectivity index (χ3n) is 2.10. The van der Waals surface area contributed by atoms with Gasteiger partial charge in [0.25, 0.3) is 0 Å². The van der Waals surface area contributed by atoms with Gasteiger partial charge in [0.05, 0.1) is 10.2 Å². The van der Waals surface area contributed by atoms with Gasteiger partial charge in [-0.3, -0.25) is 0 Å². The maximum absolute atomic E-state index is 5.78.